The van der Waals surface area contributed by atoms with Gasteiger partial charge in [0.25, 0.3) is 10.0 Å². The Morgan fingerprint density at radius 3 is 2.41 bits per heavy atom. The van der Waals surface area contributed by atoms with Crippen molar-refractivity contribution in [3.63, 3.8) is 0 Å². The van der Waals surface area contributed by atoms with Gasteiger partial charge in [-0.2, -0.15) is 0 Å². The third-order valence-corrected chi connectivity index (χ3v) is 6.22. The summed E-state index contributed by atoms with van der Waals surface area (Å²) in [6, 6.07) is 19.1. The fraction of sp³-hybridized carbons (Fsp3) is 0.182. The molecule has 6 nitrogen and oxygen atoms in total. The summed E-state index contributed by atoms with van der Waals surface area (Å²) in [6.07, 6.45) is 1.64. The number of pyridine rings is 1. The minimum atomic E-state index is -3.91. The molecule has 0 aliphatic heterocycles. The van der Waals surface area contributed by atoms with Crippen LogP contribution in [0.5, 0.6) is 0 Å². The number of rotatable bonds is 7. The van der Waals surface area contributed by atoms with E-state index in [1.54, 1.807) is 42.6 Å². The predicted molar refractivity (Wildman–Crippen MR) is 113 cm³/mol. The Hall–Kier alpha value is -3.19. The molecule has 2 aromatic carbocycles. The SMILES string of the molecule is Cc1ccc(C)c(N(CC(=O)NCc2ccccn2)S(=O)(=O)c2ccccc2)c1. The monoisotopic (exact) mass is 409 g/mol. The second kappa shape index (κ2) is 8.87. The first-order chi connectivity index (χ1) is 13.9. The molecule has 0 aliphatic carbocycles. The number of hydrogen-bond donors (Lipinski definition) is 1. The lowest BCUT2D eigenvalue weighted by atomic mass is 10.1. The van der Waals surface area contributed by atoms with Crippen LogP contribution in [0.2, 0.25) is 0 Å². The standard InChI is InChI=1S/C22H23N3O3S/c1-17-11-12-18(2)21(14-17)25(29(27,28)20-9-4-3-5-10-20)16-22(26)24-15-19-8-6-7-13-23-19/h3-14H,15-16H2,1-2H3,(H,24,26). The lowest BCUT2D eigenvalue weighted by molar-refractivity contribution is -0.119. The highest BCUT2D eigenvalue weighted by atomic mass is 32.2. The van der Waals surface area contributed by atoms with Crippen molar-refractivity contribution in [3.05, 3.63) is 89.7 Å². The van der Waals surface area contributed by atoms with Crippen LogP contribution < -0.4 is 9.62 Å². The second-order valence-electron chi connectivity index (χ2n) is 6.71. The molecule has 7 heteroatoms. The van der Waals surface area contributed by atoms with Gasteiger partial charge in [-0.3, -0.25) is 14.1 Å². The van der Waals surface area contributed by atoms with Gasteiger partial charge in [-0.15, -0.1) is 0 Å². The number of aromatic nitrogens is 1. The maximum Gasteiger partial charge on any atom is 0.264 e. The lowest BCUT2D eigenvalue weighted by Gasteiger charge is -2.26. The van der Waals surface area contributed by atoms with Crippen molar-refractivity contribution in [2.75, 3.05) is 10.8 Å². The zero-order valence-electron chi connectivity index (χ0n) is 16.4. The van der Waals surface area contributed by atoms with E-state index in [0.29, 0.717) is 11.4 Å². The van der Waals surface area contributed by atoms with E-state index in [9.17, 15) is 13.2 Å². The number of nitrogens with zero attached hydrogens (tertiary/aromatic N) is 2. The van der Waals surface area contributed by atoms with Gasteiger partial charge in [0, 0.05) is 6.20 Å². The summed E-state index contributed by atoms with van der Waals surface area (Å²) in [6.45, 7) is 3.62. The molecule has 0 unspecified atom stereocenters. The van der Waals surface area contributed by atoms with Crippen molar-refractivity contribution in [2.24, 2.45) is 0 Å². The number of carbonyl (C=O) groups is 1. The molecule has 150 valence electrons. The molecule has 1 heterocycles. The maximum absolute atomic E-state index is 13.3. The van der Waals surface area contributed by atoms with Crippen LogP contribution in [0, 0.1) is 13.8 Å². The summed E-state index contributed by atoms with van der Waals surface area (Å²) in [4.78, 5) is 16.9. The minimum Gasteiger partial charge on any atom is -0.349 e. The van der Waals surface area contributed by atoms with Crippen LogP contribution in [0.25, 0.3) is 0 Å². The zero-order valence-corrected chi connectivity index (χ0v) is 17.2. The number of carbonyl (C=O) groups excluding carboxylic acids is 1. The van der Waals surface area contributed by atoms with Crippen LogP contribution in [-0.2, 0) is 21.4 Å². The third-order valence-electron chi connectivity index (χ3n) is 4.44. The van der Waals surface area contributed by atoms with Gasteiger partial charge in [-0.1, -0.05) is 36.4 Å². The highest BCUT2D eigenvalue weighted by Crippen LogP contribution is 2.27. The zero-order chi connectivity index (χ0) is 20.9. The van der Waals surface area contributed by atoms with Crippen LogP contribution in [-0.4, -0.2) is 25.9 Å². The van der Waals surface area contributed by atoms with Gasteiger partial charge in [0.1, 0.15) is 6.54 Å². The predicted octanol–water partition coefficient (Wildman–Crippen LogP) is 3.21. The Bertz CT molecular complexity index is 1080. The van der Waals surface area contributed by atoms with Crippen molar-refractivity contribution in [2.45, 2.75) is 25.3 Å². The van der Waals surface area contributed by atoms with Gasteiger partial charge in [0.15, 0.2) is 0 Å². The highest BCUT2D eigenvalue weighted by Gasteiger charge is 2.28. The molecule has 0 bridgehead atoms. The maximum atomic E-state index is 13.3. The number of amides is 1. The largest absolute Gasteiger partial charge is 0.349 e. The number of nitrogens with one attached hydrogen (secondary N) is 1. The summed E-state index contributed by atoms with van der Waals surface area (Å²) < 4.78 is 27.8. The number of anilines is 1. The third kappa shape index (κ3) is 5.00. The fourth-order valence-corrected chi connectivity index (χ4v) is 4.38. The Kier molecular flexibility index (Phi) is 6.29. The molecule has 0 fully saturated rings. The molecule has 29 heavy (non-hydrogen) atoms. The highest BCUT2D eigenvalue weighted by molar-refractivity contribution is 7.92. The van der Waals surface area contributed by atoms with Crippen LogP contribution in [0.1, 0.15) is 16.8 Å². The number of aryl methyl sites for hydroxylation is 2. The minimum absolute atomic E-state index is 0.137. The quantitative estimate of drug-likeness (QED) is 0.650. The van der Waals surface area contributed by atoms with Gasteiger partial charge < -0.3 is 5.32 Å². The molecule has 0 saturated carbocycles. The van der Waals surface area contributed by atoms with E-state index in [-0.39, 0.29) is 18.0 Å². The van der Waals surface area contributed by atoms with E-state index in [4.69, 9.17) is 0 Å². The second-order valence-corrected chi connectivity index (χ2v) is 8.57. The average molecular weight is 410 g/mol. The first-order valence-corrected chi connectivity index (χ1v) is 10.6. The van der Waals surface area contributed by atoms with Crippen molar-refractivity contribution >= 4 is 21.6 Å². The van der Waals surface area contributed by atoms with Crippen LogP contribution in [0.3, 0.4) is 0 Å². The topological polar surface area (TPSA) is 79.4 Å². The molecule has 1 aromatic heterocycles. The molecule has 1 amide bonds. The van der Waals surface area contributed by atoms with E-state index in [0.717, 1.165) is 11.1 Å². The summed E-state index contributed by atoms with van der Waals surface area (Å²) in [5.41, 5.74) is 2.87. The van der Waals surface area contributed by atoms with Crippen LogP contribution >= 0.6 is 0 Å². The summed E-state index contributed by atoms with van der Waals surface area (Å²) in [5, 5.41) is 2.75. The fourth-order valence-electron chi connectivity index (χ4n) is 2.89. The first kappa shape index (κ1) is 20.5. The Morgan fingerprint density at radius 1 is 1.00 bits per heavy atom. The van der Waals surface area contributed by atoms with E-state index in [2.05, 4.69) is 10.3 Å². The van der Waals surface area contributed by atoms with Crippen molar-refractivity contribution in [1.82, 2.24) is 10.3 Å². The van der Waals surface area contributed by atoms with Crippen LogP contribution in [0.4, 0.5) is 5.69 Å². The van der Waals surface area contributed by atoms with Crippen LogP contribution in [0.15, 0.2) is 77.8 Å². The molecule has 0 atom stereocenters. The van der Waals surface area contributed by atoms with Gasteiger partial charge >= 0.3 is 0 Å². The molecule has 3 rings (SSSR count). The van der Waals surface area contributed by atoms with Gasteiger partial charge in [-0.25, -0.2) is 8.42 Å². The average Bonchev–Trinajstić information content (AvgIpc) is 2.73. The molecule has 3 aromatic rings. The number of hydrogen-bond acceptors (Lipinski definition) is 4. The molecule has 0 aliphatic rings. The smallest absolute Gasteiger partial charge is 0.264 e. The van der Waals surface area contributed by atoms with Gasteiger partial charge in [0.2, 0.25) is 5.91 Å². The first-order valence-electron chi connectivity index (χ1n) is 9.19. The van der Waals surface area contributed by atoms with Crippen molar-refractivity contribution < 1.29 is 13.2 Å². The molecular weight excluding hydrogens is 386 g/mol. The van der Waals surface area contributed by atoms with E-state index < -0.39 is 15.9 Å². The van der Waals surface area contributed by atoms with Gasteiger partial charge in [0.05, 0.1) is 22.8 Å². The Morgan fingerprint density at radius 2 is 1.72 bits per heavy atom. The van der Waals surface area contributed by atoms with E-state index in [1.165, 1.54) is 16.4 Å². The van der Waals surface area contributed by atoms with E-state index >= 15 is 0 Å². The van der Waals surface area contributed by atoms with Crippen molar-refractivity contribution in [1.29, 1.82) is 0 Å². The summed E-state index contributed by atoms with van der Waals surface area (Å²) in [7, 11) is -3.91. The lowest BCUT2D eigenvalue weighted by Crippen LogP contribution is -2.41. The van der Waals surface area contributed by atoms with E-state index in [1.807, 2.05) is 32.0 Å². The van der Waals surface area contributed by atoms with Crippen molar-refractivity contribution in [3.8, 4) is 0 Å². The number of sulfonamides is 1. The Balaban J connectivity index is 1.91. The normalized spacial score (nSPS) is 11.1. The molecule has 0 spiro atoms. The summed E-state index contributed by atoms with van der Waals surface area (Å²) >= 11 is 0. The molecule has 0 saturated heterocycles. The Labute approximate surface area is 171 Å². The molecular formula is C22H23N3O3S. The van der Waals surface area contributed by atoms with Gasteiger partial charge in [-0.05, 0) is 55.3 Å². The summed E-state index contributed by atoms with van der Waals surface area (Å²) in [5.74, 6) is -0.406. The molecule has 1 N–H and O–H groups in total. The molecule has 0 radical (unpaired) electrons. The number of benzene rings is 2.